The monoisotopic (exact) mass is 597 g/mol. The molecule has 1 saturated heterocycles. The number of aliphatic carboxylic acids is 1. The SMILES string of the molecule is COP(=O)(CC[C@@]1(C(=O)O)C[C@H](OC(C)=O)[C@@H](NC(C)=O)[C@H]([C@H](OC(C)=O)[C@@H](COC(C)=O)OC(C)=O)O1)OC. The lowest BCUT2D eigenvalue weighted by molar-refractivity contribution is -0.241. The van der Waals surface area contributed by atoms with Crippen LogP contribution in [0.3, 0.4) is 0 Å². The number of nitrogens with one attached hydrogen (secondary N) is 1. The van der Waals surface area contributed by atoms with E-state index < -0.39 is 105 Å². The second-order valence-electron chi connectivity index (χ2n) is 8.93. The van der Waals surface area contributed by atoms with Crippen LogP contribution in [0.1, 0.15) is 47.5 Å². The molecule has 228 valence electrons. The van der Waals surface area contributed by atoms with E-state index in [-0.39, 0.29) is 0 Å². The maximum absolute atomic E-state index is 12.8. The Balaban J connectivity index is 3.82. The Kier molecular flexibility index (Phi) is 13.2. The van der Waals surface area contributed by atoms with Crippen molar-refractivity contribution in [2.24, 2.45) is 0 Å². The molecule has 0 aromatic heterocycles. The fourth-order valence-corrected chi connectivity index (χ4v) is 5.34. The number of hydrogen-bond donors (Lipinski definition) is 2. The van der Waals surface area contributed by atoms with Crippen molar-refractivity contribution in [1.82, 2.24) is 5.32 Å². The highest BCUT2D eigenvalue weighted by atomic mass is 31.2. The number of esters is 4. The molecule has 2 N–H and O–H groups in total. The van der Waals surface area contributed by atoms with Crippen molar-refractivity contribution >= 4 is 43.3 Å². The van der Waals surface area contributed by atoms with Crippen molar-refractivity contribution in [3.8, 4) is 0 Å². The van der Waals surface area contributed by atoms with Crippen LogP contribution < -0.4 is 5.32 Å². The second-order valence-corrected chi connectivity index (χ2v) is 11.3. The lowest BCUT2D eigenvalue weighted by Gasteiger charge is -2.48. The molecule has 1 amide bonds. The van der Waals surface area contributed by atoms with Crippen LogP contribution in [-0.4, -0.2) is 104 Å². The number of carboxylic acids is 1. The van der Waals surface area contributed by atoms with E-state index in [0.29, 0.717) is 0 Å². The Bertz CT molecular complexity index is 1010. The fraction of sp³-hybridized carbons (Fsp3) is 0.739. The molecule has 0 unspecified atom stereocenters. The van der Waals surface area contributed by atoms with Crippen LogP contribution in [0.15, 0.2) is 0 Å². The summed E-state index contributed by atoms with van der Waals surface area (Å²) in [5.41, 5.74) is -2.27. The molecular weight excluding hydrogens is 561 g/mol. The van der Waals surface area contributed by atoms with Gasteiger partial charge in [-0.05, 0) is 6.42 Å². The lowest BCUT2D eigenvalue weighted by atomic mass is 9.82. The maximum atomic E-state index is 12.8. The first kappa shape index (κ1) is 35.0. The van der Waals surface area contributed by atoms with Crippen molar-refractivity contribution in [1.29, 1.82) is 0 Å². The van der Waals surface area contributed by atoms with E-state index in [9.17, 15) is 38.4 Å². The number of rotatable bonds is 14. The molecule has 1 aliphatic rings. The van der Waals surface area contributed by atoms with Gasteiger partial charge in [-0.1, -0.05) is 0 Å². The zero-order valence-electron chi connectivity index (χ0n) is 23.3. The molecule has 40 heavy (non-hydrogen) atoms. The first-order chi connectivity index (χ1) is 18.5. The predicted molar refractivity (Wildman–Crippen MR) is 132 cm³/mol. The van der Waals surface area contributed by atoms with Crippen LogP contribution in [0.5, 0.6) is 0 Å². The summed E-state index contributed by atoms with van der Waals surface area (Å²) < 4.78 is 49.6. The average Bonchev–Trinajstić information content (AvgIpc) is 2.84. The smallest absolute Gasteiger partial charge is 0.336 e. The largest absolute Gasteiger partial charge is 0.479 e. The molecule has 6 atom stereocenters. The molecule has 1 rings (SSSR count). The number of carbonyl (C=O) groups is 6. The molecule has 0 saturated carbocycles. The van der Waals surface area contributed by atoms with Gasteiger partial charge in [-0.15, -0.1) is 0 Å². The van der Waals surface area contributed by atoms with Gasteiger partial charge in [0.2, 0.25) is 5.91 Å². The van der Waals surface area contributed by atoms with Crippen molar-refractivity contribution < 1.29 is 71.2 Å². The van der Waals surface area contributed by atoms with Gasteiger partial charge in [-0.3, -0.25) is 28.5 Å². The van der Waals surface area contributed by atoms with Gasteiger partial charge in [0.05, 0.1) is 12.2 Å². The molecule has 1 heterocycles. The Labute approximate surface area is 230 Å². The minimum absolute atomic E-state index is 0.463. The Morgan fingerprint density at radius 2 is 1.52 bits per heavy atom. The predicted octanol–water partition coefficient (Wildman–Crippen LogP) is 0.338. The summed E-state index contributed by atoms with van der Waals surface area (Å²) in [6, 6.07) is -1.36. The molecule has 0 spiro atoms. The Morgan fingerprint density at radius 1 is 0.950 bits per heavy atom. The zero-order valence-corrected chi connectivity index (χ0v) is 24.2. The average molecular weight is 598 g/mol. The van der Waals surface area contributed by atoms with E-state index in [4.69, 9.17) is 32.7 Å². The minimum atomic E-state index is -3.77. The Hall–Kier alpha value is -3.07. The molecular formula is C23H36NO15P. The highest BCUT2D eigenvalue weighted by molar-refractivity contribution is 7.53. The normalized spacial score (nSPS) is 24.1. The van der Waals surface area contributed by atoms with Gasteiger partial charge in [0, 0.05) is 55.3 Å². The van der Waals surface area contributed by atoms with Crippen LogP contribution in [0.4, 0.5) is 0 Å². The van der Waals surface area contributed by atoms with E-state index in [2.05, 4.69) is 5.32 Å². The molecule has 17 heteroatoms. The summed E-state index contributed by atoms with van der Waals surface area (Å²) in [6.07, 6.45) is -7.86. The van der Waals surface area contributed by atoms with Crippen LogP contribution in [-0.2, 0) is 66.1 Å². The number of ether oxygens (including phenoxy) is 5. The van der Waals surface area contributed by atoms with Crippen LogP contribution in [0, 0.1) is 0 Å². The van der Waals surface area contributed by atoms with Gasteiger partial charge < -0.3 is 43.2 Å². The standard InChI is InChI=1S/C23H36NO15P/c1-12(25)24-19-17(36-14(3)27)10-23(22(30)31,8-9-40(32,33-6)34-7)39-21(19)20(38-16(5)29)18(37-15(4)28)11-35-13(2)26/h17-21H,8-11H2,1-7H3,(H,24,25)(H,30,31)/t17-,18+,19+,20+,21+,23-/m0/s1. The molecule has 0 aromatic carbocycles. The third-order valence-electron chi connectivity index (χ3n) is 5.83. The molecule has 0 radical (unpaired) electrons. The highest BCUT2D eigenvalue weighted by Gasteiger charge is 2.58. The second kappa shape index (κ2) is 15.1. The van der Waals surface area contributed by atoms with Crippen LogP contribution in [0.2, 0.25) is 0 Å². The van der Waals surface area contributed by atoms with E-state index in [0.717, 1.165) is 48.8 Å². The zero-order chi connectivity index (χ0) is 30.8. The summed E-state index contributed by atoms with van der Waals surface area (Å²) in [7, 11) is -1.57. The fourth-order valence-electron chi connectivity index (χ4n) is 4.19. The summed E-state index contributed by atoms with van der Waals surface area (Å²) in [6.45, 7) is 4.61. The van der Waals surface area contributed by atoms with Gasteiger partial charge >= 0.3 is 37.4 Å². The number of carboxylic acid groups (broad SMARTS) is 1. The Morgan fingerprint density at radius 3 is 1.95 bits per heavy atom. The van der Waals surface area contributed by atoms with Crippen molar-refractivity contribution in [3.63, 3.8) is 0 Å². The first-order valence-corrected chi connectivity index (χ1v) is 13.8. The number of hydrogen-bond acceptors (Lipinski definition) is 14. The van der Waals surface area contributed by atoms with Gasteiger partial charge in [0.1, 0.15) is 18.8 Å². The molecule has 0 aliphatic carbocycles. The quantitative estimate of drug-likeness (QED) is 0.157. The third-order valence-corrected chi connectivity index (χ3v) is 7.71. The van der Waals surface area contributed by atoms with Crippen molar-refractivity contribution in [2.75, 3.05) is 27.0 Å². The van der Waals surface area contributed by atoms with Crippen LogP contribution in [0.25, 0.3) is 0 Å². The van der Waals surface area contributed by atoms with E-state index in [1.807, 2.05) is 0 Å². The first-order valence-electron chi connectivity index (χ1n) is 12.0. The summed E-state index contributed by atoms with van der Waals surface area (Å²) in [4.78, 5) is 72.5. The third kappa shape index (κ3) is 10.2. The topological polar surface area (TPSA) is 216 Å². The van der Waals surface area contributed by atoms with Gasteiger partial charge in [0.25, 0.3) is 0 Å². The van der Waals surface area contributed by atoms with Gasteiger partial charge in [-0.25, -0.2) is 4.79 Å². The van der Waals surface area contributed by atoms with Crippen LogP contribution >= 0.6 is 7.60 Å². The number of carbonyl (C=O) groups excluding carboxylic acids is 5. The number of amides is 1. The summed E-state index contributed by atoms with van der Waals surface area (Å²) >= 11 is 0. The lowest BCUT2D eigenvalue weighted by Crippen LogP contribution is -2.68. The molecule has 0 bridgehead atoms. The molecule has 0 aromatic rings. The minimum Gasteiger partial charge on any atom is -0.479 e. The van der Waals surface area contributed by atoms with E-state index in [1.54, 1.807) is 0 Å². The molecule has 16 nitrogen and oxygen atoms in total. The van der Waals surface area contributed by atoms with E-state index >= 15 is 0 Å². The van der Waals surface area contributed by atoms with Gasteiger partial charge in [0.15, 0.2) is 17.8 Å². The van der Waals surface area contributed by atoms with Gasteiger partial charge in [-0.2, -0.15) is 0 Å². The van der Waals surface area contributed by atoms with E-state index in [1.165, 1.54) is 0 Å². The summed E-state index contributed by atoms with van der Waals surface area (Å²) in [5, 5.41) is 12.8. The molecule has 1 aliphatic heterocycles. The molecule has 1 fully saturated rings. The summed E-state index contributed by atoms with van der Waals surface area (Å²) in [5.74, 6) is -5.69. The highest BCUT2D eigenvalue weighted by Crippen LogP contribution is 2.49. The maximum Gasteiger partial charge on any atom is 0.336 e. The van der Waals surface area contributed by atoms with Crippen molar-refractivity contribution in [2.45, 2.75) is 83.5 Å². The van der Waals surface area contributed by atoms with Crippen molar-refractivity contribution in [3.05, 3.63) is 0 Å².